The van der Waals surface area contributed by atoms with Crippen LogP contribution >= 0.6 is 0 Å². The zero-order chi connectivity index (χ0) is 84.1. The van der Waals surface area contributed by atoms with Gasteiger partial charge in [0.1, 0.15) is 60.4 Å². The van der Waals surface area contributed by atoms with Crippen LogP contribution in [-0.2, 0) is 65.6 Å². The van der Waals surface area contributed by atoms with Gasteiger partial charge in [0.15, 0.2) is 5.96 Å². The normalized spacial score (nSPS) is 14.6. The first kappa shape index (κ1) is 97.1. The van der Waals surface area contributed by atoms with E-state index in [0.717, 1.165) is 25.7 Å². The van der Waals surface area contributed by atoms with Gasteiger partial charge in [-0.3, -0.25) is 57.7 Å². The number of guanidine groups is 1. The fourth-order valence-corrected chi connectivity index (χ4v) is 13.5. The van der Waals surface area contributed by atoms with Crippen molar-refractivity contribution >= 4 is 92.7 Å². The molecule has 2 heterocycles. The molecule has 2 aromatic carbocycles. The van der Waals surface area contributed by atoms with Gasteiger partial charge in [-0.15, -0.1) is 0 Å². The first-order chi connectivity index (χ1) is 54.6. The number of hydrogen-bond donors (Lipinski definition) is 21. The molecule has 0 saturated carbocycles. The maximum Gasteiger partial charge on any atom is 0.245 e. The predicted molar refractivity (Wildman–Crippen MR) is 441 cm³/mol. The highest BCUT2D eigenvalue weighted by atomic mass is 16.3. The van der Waals surface area contributed by atoms with Crippen LogP contribution in [0.15, 0.2) is 65.9 Å². The van der Waals surface area contributed by atoms with Crippen LogP contribution in [0.5, 0.6) is 0 Å². The summed E-state index contributed by atoms with van der Waals surface area (Å²) < 4.78 is 0. The number of aromatic amines is 2. The monoisotopic (exact) mass is 1600 g/mol. The summed E-state index contributed by atoms with van der Waals surface area (Å²) in [5.74, 6) is -9.56. The van der Waals surface area contributed by atoms with Crippen LogP contribution in [0, 0.1) is 11.8 Å². The first-order valence-electron chi connectivity index (χ1n) is 41.1. The summed E-state index contributed by atoms with van der Waals surface area (Å²) in [7, 11) is 0. The molecule has 114 heavy (non-hydrogen) atoms. The number of carbonyl (C=O) groups excluding carboxylic acids is 11. The number of aliphatic hydroxyl groups excluding tert-OH is 3. The highest BCUT2D eigenvalue weighted by molar-refractivity contribution is 6.00. The van der Waals surface area contributed by atoms with Crippen molar-refractivity contribution in [1.82, 2.24) is 68.5 Å². The van der Waals surface area contributed by atoms with Gasteiger partial charge in [-0.25, -0.2) is 0 Å². The average molecular weight is 1600 g/mol. The lowest BCUT2D eigenvalue weighted by Gasteiger charge is -2.29. The van der Waals surface area contributed by atoms with Gasteiger partial charge in [0.05, 0.1) is 19.3 Å². The summed E-state index contributed by atoms with van der Waals surface area (Å²) in [4.78, 5) is 167. The number of carbonyl (C=O) groups is 11. The number of H-pyrrole nitrogens is 2. The van der Waals surface area contributed by atoms with E-state index in [1.165, 1.54) is 65.2 Å². The molecule has 0 radical (unpaired) electrons. The van der Waals surface area contributed by atoms with E-state index in [-0.39, 0.29) is 101 Å². The molecule has 0 saturated heterocycles. The maximum atomic E-state index is 14.9. The molecule has 33 heteroatoms. The van der Waals surface area contributed by atoms with Crippen LogP contribution < -0.4 is 87.2 Å². The largest absolute Gasteiger partial charge is 0.394 e. The number of nitrogens with one attached hydrogen (secondary N) is 13. The van der Waals surface area contributed by atoms with E-state index in [0.29, 0.717) is 78.0 Å². The Labute approximate surface area is 671 Å². The van der Waals surface area contributed by atoms with Crippen LogP contribution in [0.3, 0.4) is 0 Å². The van der Waals surface area contributed by atoms with Gasteiger partial charge in [0, 0.05) is 72.6 Å². The number of aliphatic imine (C=N–C) groups is 1. The maximum absolute atomic E-state index is 14.9. The third kappa shape index (κ3) is 35.6. The van der Waals surface area contributed by atoms with Crippen LogP contribution in [0.1, 0.15) is 214 Å². The lowest BCUT2D eigenvalue weighted by molar-refractivity contribution is -0.137. The Hall–Kier alpha value is -9.28. The molecule has 638 valence electrons. The minimum Gasteiger partial charge on any atom is -0.394 e. The molecule has 4 aromatic rings. The molecule has 0 bridgehead atoms. The van der Waals surface area contributed by atoms with Gasteiger partial charge < -0.3 is 112 Å². The SMILES string of the molecule is CCCCCCCCCCCCCCCC(=O)NC(CCCCN)C(=O)NC(CCCCN)C(=O)NC(CO)C(=O)NC(Cc1c[nH]c2ccccc12)C(=O)NC(CO)C(=O)NC(CCCN=C(N)N)C(=O)NC(Cc1c[nH]c2ccccc12)C(=O)NC(C(=O)NC(CC(C)C)C(=O)NC(C)C(=O)NC(CN)CC(C)C)C(C)O. The van der Waals surface area contributed by atoms with Gasteiger partial charge >= 0.3 is 0 Å². The van der Waals surface area contributed by atoms with Crippen molar-refractivity contribution in [1.29, 1.82) is 0 Å². The van der Waals surface area contributed by atoms with E-state index in [4.69, 9.17) is 28.7 Å². The molecule has 12 unspecified atom stereocenters. The number of hydrogen-bond acceptors (Lipinski definition) is 18. The minimum absolute atomic E-state index is 0.0204. The Morgan fingerprint density at radius 1 is 0.412 bits per heavy atom. The first-order valence-corrected chi connectivity index (χ1v) is 41.1. The highest BCUT2D eigenvalue weighted by Crippen LogP contribution is 2.23. The van der Waals surface area contributed by atoms with E-state index < -0.39 is 139 Å². The number of amides is 11. The summed E-state index contributed by atoms with van der Waals surface area (Å²) in [6.45, 7) is 11.1. The molecule has 33 nitrogen and oxygen atoms in total. The molecule has 2 aromatic heterocycles. The van der Waals surface area contributed by atoms with E-state index >= 15 is 0 Å². The van der Waals surface area contributed by atoms with Crippen LogP contribution in [0.2, 0.25) is 0 Å². The van der Waals surface area contributed by atoms with E-state index in [1.807, 2.05) is 13.8 Å². The third-order valence-corrected chi connectivity index (χ3v) is 19.9. The molecule has 0 fully saturated rings. The zero-order valence-electron chi connectivity index (χ0n) is 68.2. The summed E-state index contributed by atoms with van der Waals surface area (Å²) in [6, 6.07) is -1.06. The van der Waals surface area contributed by atoms with Crippen LogP contribution in [0.25, 0.3) is 21.8 Å². The van der Waals surface area contributed by atoms with E-state index in [2.05, 4.69) is 80.4 Å². The second-order valence-corrected chi connectivity index (χ2v) is 30.7. The lowest BCUT2D eigenvalue weighted by atomic mass is 10.0. The van der Waals surface area contributed by atoms with Gasteiger partial charge in [-0.1, -0.05) is 148 Å². The van der Waals surface area contributed by atoms with Gasteiger partial charge in [-0.05, 0) is 133 Å². The Kier molecular flexibility index (Phi) is 45.8. The zero-order valence-corrected chi connectivity index (χ0v) is 68.2. The molecule has 4 rings (SSSR count). The van der Waals surface area contributed by atoms with Crippen molar-refractivity contribution < 1.29 is 68.1 Å². The topological polar surface area (TPSA) is 555 Å². The molecule has 0 aliphatic carbocycles. The molecule has 11 amide bonds. The van der Waals surface area contributed by atoms with Crippen molar-refractivity contribution in [3.63, 3.8) is 0 Å². The molecule has 26 N–H and O–H groups in total. The van der Waals surface area contributed by atoms with E-state index in [1.54, 1.807) is 74.8 Å². The molecule has 0 aliphatic rings. The molecule has 0 spiro atoms. The van der Waals surface area contributed by atoms with Crippen molar-refractivity contribution in [3.8, 4) is 0 Å². The fourth-order valence-electron chi connectivity index (χ4n) is 13.5. The van der Waals surface area contributed by atoms with Crippen LogP contribution in [0.4, 0.5) is 0 Å². The fraction of sp³-hybridized carbons (Fsp3) is 0.654. The second-order valence-electron chi connectivity index (χ2n) is 30.7. The lowest BCUT2D eigenvalue weighted by Crippen LogP contribution is -2.62. The Morgan fingerprint density at radius 2 is 0.798 bits per heavy atom. The van der Waals surface area contributed by atoms with E-state index in [9.17, 15) is 68.1 Å². The second kappa shape index (κ2) is 53.7. The number of nitrogens with two attached hydrogens (primary N) is 5. The third-order valence-electron chi connectivity index (χ3n) is 19.9. The Morgan fingerprint density at radius 3 is 1.23 bits per heavy atom. The number of nitrogens with zero attached hydrogens (tertiary/aromatic N) is 1. The number of para-hydroxylation sites is 2. The quantitative estimate of drug-likeness (QED) is 0.0171. The van der Waals surface area contributed by atoms with Gasteiger partial charge in [0.25, 0.3) is 0 Å². The number of unbranched alkanes of at least 4 members (excludes halogenated alkanes) is 14. The van der Waals surface area contributed by atoms with Crippen molar-refractivity contribution in [2.45, 2.75) is 288 Å². The highest BCUT2D eigenvalue weighted by Gasteiger charge is 2.38. The molecule has 12 atom stereocenters. The average Bonchev–Trinajstić information content (AvgIpc) is 1.68. The number of fused-ring (bicyclic) bond motifs is 2. The molecular weight excluding hydrogens is 1460 g/mol. The molecule has 0 aliphatic heterocycles. The van der Waals surface area contributed by atoms with Crippen molar-refractivity contribution in [2.24, 2.45) is 45.5 Å². The molecular formula is C81H135N19O14. The smallest absolute Gasteiger partial charge is 0.245 e. The summed E-state index contributed by atoms with van der Waals surface area (Å²) in [5.41, 5.74) is 31.2. The number of rotatable bonds is 59. The van der Waals surface area contributed by atoms with Crippen molar-refractivity contribution in [3.05, 3.63) is 72.1 Å². The summed E-state index contributed by atoms with van der Waals surface area (Å²) >= 11 is 0. The standard InChI is InChI=1S/C81H135N19O14/c1-8-9-10-11-12-13-14-15-16-17-18-19-20-37-69(104)92-61(34-25-27-38-82)72(106)93-62(35-26-28-39-83)74(108)98-68(49-102)79(113)96-65(43-54-46-88-59-32-23-21-30-57(54)59)76(110)99-67(48-101)78(112)94-63(36-29-40-87-81(85)86)73(107)95-66(44-55-47-89-60-33-24-22-31-58(55)60)77(111)100-70(53(7)103)80(114)97-64(42-51(4)5)75(109)90-52(6)71(105)91-56(45-84)41-50(2)3/h21-24,30-33,46-47,50-53,56,61-68,70,88-89,101-103H,8-20,25-29,34-45,48-49,82-84H2,1-7H3,(H,90,109)(H,91,105)(H,92,104)(H,93,106)(H,94,112)(H,95,107)(H,96,113)(H,97,114)(H,98,108)(H,99,110)(H,100,111)(H4,85,86,87). The number of benzene rings is 2. The Bertz CT molecular complexity index is 3640. The predicted octanol–water partition coefficient (Wildman–Crippen LogP) is 2.00. The van der Waals surface area contributed by atoms with Crippen LogP contribution in [-0.4, -0.2) is 208 Å². The van der Waals surface area contributed by atoms with Crippen molar-refractivity contribution in [2.75, 3.05) is 39.4 Å². The minimum atomic E-state index is -1.86. The van der Waals surface area contributed by atoms with Gasteiger partial charge in [-0.2, -0.15) is 0 Å². The Balaban J connectivity index is 1.59. The number of aromatic nitrogens is 2. The van der Waals surface area contributed by atoms with Gasteiger partial charge in [0.2, 0.25) is 65.0 Å². The summed E-state index contributed by atoms with van der Waals surface area (Å²) in [6.07, 6.45) is 18.6. The number of aliphatic hydroxyl groups is 3. The summed E-state index contributed by atoms with van der Waals surface area (Å²) in [5, 5.41) is 63.4.